The molecule has 6 saturated carbocycles. The standard InChI is InChI=1S/C35H53NO6/c1-20-15-25(31(38)39)41-24-17-23-22-7-8-26-32(2,3)27(42-29-18-36(13-14-40-29)28(37)16-21-5-6-21)9-10-35(26)19-34(22,35)12-11-33(23,4)30(20)24/h20-27,29-30H,5-19H2,1-4H3,(H,38,39)/t20-,22?,23?,24?,25?,26?,27?,29?,30?,33?,34?,35?/m1/s1. The van der Waals surface area contributed by atoms with Crippen LogP contribution in [0, 0.1) is 57.2 Å². The molecular formula is C35H53NO6. The van der Waals surface area contributed by atoms with Crippen LogP contribution in [0.3, 0.4) is 0 Å². The minimum atomic E-state index is -0.782. The molecule has 8 fully saturated rings. The third-order valence-electron chi connectivity index (χ3n) is 15.0. The Kier molecular flexibility index (Phi) is 6.35. The van der Waals surface area contributed by atoms with Crippen LogP contribution in [0.15, 0.2) is 0 Å². The number of hydrogen-bond donors (Lipinski definition) is 1. The number of carbonyl (C=O) groups excluding carboxylic acids is 1. The van der Waals surface area contributed by atoms with Gasteiger partial charge >= 0.3 is 5.97 Å². The van der Waals surface area contributed by atoms with Crippen molar-refractivity contribution in [1.82, 2.24) is 4.90 Å². The lowest BCUT2D eigenvalue weighted by Crippen LogP contribution is -2.56. The summed E-state index contributed by atoms with van der Waals surface area (Å²) in [4.78, 5) is 26.7. The normalized spacial score (nSPS) is 52.3. The van der Waals surface area contributed by atoms with E-state index in [1.54, 1.807) is 0 Å². The van der Waals surface area contributed by atoms with Gasteiger partial charge in [0.15, 0.2) is 12.4 Å². The highest BCUT2D eigenvalue weighted by atomic mass is 16.7. The Bertz CT molecular complexity index is 1140. The summed E-state index contributed by atoms with van der Waals surface area (Å²) < 4.78 is 19.2. The highest BCUT2D eigenvalue weighted by Gasteiger charge is 2.81. The summed E-state index contributed by atoms with van der Waals surface area (Å²) in [7, 11) is 0. The largest absolute Gasteiger partial charge is 0.479 e. The molecule has 1 N–H and O–H groups in total. The van der Waals surface area contributed by atoms with Crippen molar-refractivity contribution in [3.05, 3.63) is 0 Å². The third-order valence-corrected chi connectivity index (χ3v) is 15.0. The first kappa shape index (κ1) is 28.3. The predicted octanol–water partition coefficient (Wildman–Crippen LogP) is 5.89. The van der Waals surface area contributed by atoms with Crippen LogP contribution >= 0.6 is 0 Å². The van der Waals surface area contributed by atoms with Crippen molar-refractivity contribution in [2.75, 3.05) is 19.7 Å². The van der Waals surface area contributed by atoms with E-state index in [0.29, 0.717) is 73.0 Å². The third kappa shape index (κ3) is 3.93. The summed E-state index contributed by atoms with van der Waals surface area (Å²) in [6.45, 7) is 11.6. The molecule has 1 amide bonds. The summed E-state index contributed by atoms with van der Waals surface area (Å²) in [5.74, 6) is 3.08. The van der Waals surface area contributed by atoms with Gasteiger partial charge in [-0.3, -0.25) is 4.79 Å². The van der Waals surface area contributed by atoms with E-state index in [9.17, 15) is 14.7 Å². The molecule has 2 spiro atoms. The number of carboxylic acid groups (broad SMARTS) is 1. The second-order valence-corrected chi connectivity index (χ2v) is 17.1. The second kappa shape index (κ2) is 9.42. The first-order valence-corrected chi connectivity index (χ1v) is 17.4. The Hall–Kier alpha value is -1.18. The van der Waals surface area contributed by atoms with Gasteiger partial charge in [0.1, 0.15) is 0 Å². The Morgan fingerprint density at radius 3 is 2.55 bits per heavy atom. The SMILES string of the molecule is C[C@@H]1CC(C(=O)O)OC2CC3C4CCC5C(C)(C)C(OC6CN(C(=O)CC7CC7)CCO6)CCC56CC46CCC3(C)C21. The lowest BCUT2D eigenvalue weighted by molar-refractivity contribution is -0.244. The smallest absolute Gasteiger partial charge is 0.332 e. The monoisotopic (exact) mass is 583 g/mol. The molecule has 0 aromatic rings. The Balaban J connectivity index is 0.974. The fraction of sp³-hybridized carbons (Fsp3) is 0.943. The zero-order valence-electron chi connectivity index (χ0n) is 26.3. The zero-order chi connectivity index (χ0) is 29.2. The van der Waals surface area contributed by atoms with Crippen LogP contribution in [0.25, 0.3) is 0 Å². The lowest BCUT2D eigenvalue weighted by atomic mass is 9.46. The van der Waals surface area contributed by atoms with Gasteiger partial charge in [0.2, 0.25) is 5.91 Å². The maximum atomic E-state index is 12.8. The Morgan fingerprint density at radius 1 is 0.976 bits per heavy atom. The molecule has 0 aromatic carbocycles. The number of hydrogen-bond acceptors (Lipinski definition) is 5. The Morgan fingerprint density at radius 2 is 1.79 bits per heavy atom. The van der Waals surface area contributed by atoms with Crippen molar-refractivity contribution in [2.24, 2.45) is 57.2 Å². The van der Waals surface area contributed by atoms with E-state index < -0.39 is 12.1 Å². The quantitative estimate of drug-likeness (QED) is 0.434. The number of aliphatic carboxylic acids is 1. The van der Waals surface area contributed by atoms with Crippen LogP contribution in [0.1, 0.15) is 105 Å². The molecule has 8 rings (SSSR count). The van der Waals surface area contributed by atoms with E-state index in [1.165, 1.54) is 51.4 Å². The maximum Gasteiger partial charge on any atom is 0.332 e. The molecule has 0 aromatic heterocycles. The first-order valence-electron chi connectivity index (χ1n) is 17.4. The summed E-state index contributed by atoms with van der Waals surface area (Å²) in [5.41, 5.74) is 1.24. The van der Waals surface area contributed by atoms with Gasteiger partial charge in [-0.15, -0.1) is 0 Å². The van der Waals surface area contributed by atoms with Gasteiger partial charge < -0.3 is 24.2 Å². The molecule has 2 aliphatic heterocycles. The van der Waals surface area contributed by atoms with E-state index in [-0.39, 0.29) is 35.2 Å². The molecule has 0 radical (unpaired) electrons. The zero-order valence-corrected chi connectivity index (χ0v) is 26.3. The highest BCUT2D eigenvalue weighted by molar-refractivity contribution is 5.76. The summed E-state index contributed by atoms with van der Waals surface area (Å²) >= 11 is 0. The minimum Gasteiger partial charge on any atom is -0.479 e. The molecule has 0 bridgehead atoms. The summed E-state index contributed by atoms with van der Waals surface area (Å²) in [6.07, 6.45) is 13.1. The maximum absolute atomic E-state index is 12.8. The van der Waals surface area contributed by atoms with E-state index in [2.05, 4.69) is 27.7 Å². The second-order valence-electron chi connectivity index (χ2n) is 17.1. The van der Waals surface area contributed by atoms with Crippen LogP contribution < -0.4 is 0 Å². The Labute approximate surface area is 251 Å². The van der Waals surface area contributed by atoms with E-state index in [4.69, 9.17) is 14.2 Å². The molecule has 2 heterocycles. The predicted molar refractivity (Wildman–Crippen MR) is 156 cm³/mol. The molecule has 11 unspecified atom stereocenters. The van der Waals surface area contributed by atoms with Crippen molar-refractivity contribution in [1.29, 1.82) is 0 Å². The number of morpholine rings is 1. The lowest BCUT2D eigenvalue weighted by Gasteiger charge is -2.60. The molecule has 6 aliphatic carbocycles. The van der Waals surface area contributed by atoms with Crippen molar-refractivity contribution in [2.45, 2.75) is 129 Å². The molecule has 234 valence electrons. The molecule has 12 atom stereocenters. The van der Waals surface area contributed by atoms with Crippen LogP contribution in [0.4, 0.5) is 0 Å². The molecule has 2 saturated heterocycles. The van der Waals surface area contributed by atoms with Crippen molar-refractivity contribution < 1.29 is 28.9 Å². The van der Waals surface area contributed by atoms with Crippen LogP contribution in [-0.2, 0) is 23.8 Å². The van der Waals surface area contributed by atoms with Crippen LogP contribution in [0.2, 0.25) is 0 Å². The molecule has 42 heavy (non-hydrogen) atoms. The van der Waals surface area contributed by atoms with Crippen molar-refractivity contribution in [3.63, 3.8) is 0 Å². The topological polar surface area (TPSA) is 85.3 Å². The first-order chi connectivity index (χ1) is 20.0. The number of carbonyl (C=O) groups is 2. The van der Waals surface area contributed by atoms with Crippen LogP contribution in [0.5, 0.6) is 0 Å². The van der Waals surface area contributed by atoms with Gasteiger partial charge in [-0.25, -0.2) is 4.79 Å². The highest BCUT2D eigenvalue weighted by Crippen LogP contribution is 2.87. The fourth-order valence-corrected chi connectivity index (χ4v) is 13.0. The minimum absolute atomic E-state index is 0.0765. The van der Waals surface area contributed by atoms with Gasteiger partial charge in [0, 0.05) is 13.0 Å². The van der Waals surface area contributed by atoms with E-state index in [1.807, 2.05) is 4.90 Å². The number of nitrogens with zero attached hydrogens (tertiary/aromatic N) is 1. The van der Waals surface area contributed by atoms with Gasteiger partial charge in [-0.1, -0.05) is 27.7 Å². The number of carboxylic acids is 1. The van der Waals surface area contributed by atoms with E-state index >= 15 is 0 Å². The average molecular weight is 584 g/mol. The van der Waals surface area contributed by atoms with Crippen molar-refractivity contribution >= 4 is 11.9 Å². The fourth-order valence-electron chi connectivity index (χ4n) is 13.0. The number of rotatable bonds is 5. The van der Waals surface area contributed by atoms with Crippen molar-refractivity contribution in [3.8, 4) is 0 Å². The van der Waals surface area contributed by atoms with Gasteiger partial charge in [-0.2, -0.15) is 0 Å². The van der Waals surface area contributed by atoms with Gasteiger partial charge in [-0.05, 0) is 128 Å². The van der Waals surface area contributed by atoms with E-state index in [0.717, 1.165) is 18.8 Å². The summed E-state index contributed by atoms with van der Waals surface area (Å²) in [5, 5.41) is 9.75. The number of ether oxygens (including phenoxy) is 3. The van der Waals surface area contributed by atoms with Gasteiger partial charge in [0.05, 0.1) is 25.4 Å². The average Bonchev–Trinajstić information content (AvgIpc) is 3.85. The number of amides is 1. The van der Waals surface area contributed by atoms with Crippen LogP contribution in [-0.4, -0.2) is 66.2 Å². The molecule has 7 nitrogen and oxygen atoms in total. The molecule has 8 aliphatic rings. The van der Waals surface area contributed by atoms with Gasteiger partial charge in [0.25, 0.3) is 0 Å². The molecular weight excluding hydrogens is 530 g/mol. The summed E-state index contributed by atoms with van der Waals surface area (Å²) in [6, 6.07) is 0. The molecule has 7 heteroatoms. The number of fused-ring (bicyclic) bond motifs is 4.